The van der Waals surface area contributed by atoms with Gasteiger partial charge in [-0.2, -0.15) is 0 Å². The average molecular weight is 523 g/mol. The van der Waals surface area contributed by atoms with Gasteiger partial charge < -0.3 is 20.6 Å². The number of carboxylic acids is 1. The minimum absolute atomic E-state index is 0.00732. The van der Waals surface area contributed by atoms with Gasteiger partial charge in [0.2, 0.25) is 11.8 Å². The number of likely N-dealkylation sites (N-methyl/N-ethyl adjacent to an activating group) is 2. The zero-order valence-electron chi connectivity index (χ0n) is 19.4. The van der Waals surface area contributed by atoms with Gasteiger partial charge in [-0.1, -0.05) is 63.3 Å². The zero-order valence-corrected chi connectivity index (χ0v) is 21.5. The van der Waals surface area contributed by atoms with Crippen LogP contribution in [0.5, 0.6) is 0 Å². The molecule has 168 valence electrons. The Kier molecular flexibility index (Phi) is 10.3. The van der Waals surface area contributed by atoms with Crippen LogP contribution in [0.1, 0.15) is 55.4 Å². The molecular weight excluding hydrogens is 485 g/mol. The van der Waals surface area contributed by atoms with E-state index in [1.54, 1.807) is 20.2 Å². The summed E-state index contributed by atoms with van der Waals surface area (Å²) >= 11 is 2.21. The van der Waals surface area contributed by atoms with E-state index in [1.165, 1.54) is 11.8 Å². The molecule has 0 bridgehead atoms. The van der Waals surface area contributed by atoms with Gasteiger partial charge in [-0.3, -0.25) is 9.59 Å². The number of rotatable bonds is 9. The Labute approximate surface area is 189 Å². The van der Waals surface area contributed by atoms with Crippen LogP contribution in [-0.2, 0) is 14.4 Å². The fourth-order valence-corrected chi connectivity index (χ4v) is 3.68. The van der Waals surface area contributed by atoms with Gasteiger partial charge in [0, 0.05) is 16.0 Å². The highest BCUT2D eigenvalue weighted by molar-refractivity contribution is 14.1. The summed E-state index contributed by atoms with van der Waals surface area (Å²) in [6.07, 6.45) is 1.59. The molecule has 3 atom stereocenters. The van der Waals surface area contributed by atoms with Crippen LogP contribution in [0.25, 0.3) is 0 Å². The first kappa shape index (κ1) is 27.8. The van der Waals surface area contributed by atoms with E-state index in [0.717, 1.165) is 0 Å². The van der Waals surface area contributed by atoms with E-state index >= 15 is 0 Å². The maximum absolute atomic E-state index is 13.4. The second-order valence-corrected chi connectivity index (χ2v) is 12.2. The van der Waals surface area contributed by atoms with Gasteiger partial charge in [-0.25, -0.2) is 4.79 Å². The molecule has 7 nitrogen and oxygen atoms in total. The summed E-state index contributed by atoms with van der Waals surface area (Å²) in [7, 11) is 3.38. The second kappa shape index (κ2) is 10.7. The number of aliphatic carboxylic acids is 1. The molecule has 0 rings (SSSR count). The van der Waals surface area contributed by atoms with Crippen molar-refractivity contribution < 1.29 is 19.5 Å². The molecule has 0 heterocycles. The van der Waals surface area contributed by atoms with Gasteiger partial charge >= 0.3 is 5.97 Å². The highest BCUT2D eigenvalue weighted by Gasteiger charge is 2.40. The molecule has 0 unspecified atom stereocenters. The summed E-state index contributed by atoms with van der Waals surface area (Å²) in [6.45, 7) is 15.0. The lowest BCUT2D eigenvalue weighted by atomic mass is 9.84. The standard InChI is InChI=1S/C21H38IN3O4/c1-12(2)14(11-13(3)19(28)29)25(10)18(27)16(20(4,5)6)24-17(26)15(23-9)21(7,8)22/h11-12,14-16,23H,1-10H3,(H,24,26)(H,28,29)/b13-11+/t14-,15+,16-/m1/s1. The van der Waals surface area contributed by atoms with Crippen molar-refractivity contribution in [1.82, 2.24) is 15.5 Å². The number of carbonyl (C=O) groups excluding carboxylic acids is 2. The monoisotopic (exact) mass is 523 g/mol. The van der Waals surface area contributed by atoms with Crippen LogP contribution in [0.3, 0.4) is 0 Å². The molecule has 0 aliphatic rings. The lowest BCUT2D eigenvalue weighted by molar-refractivity contribution is -0.140. The van der Waals surface area contributed by atoms with Crippen molar-refractivity contribution in [3.05, 3.63) is 11.6 Å². The molecule has 3 N–H and O–H groups in total. The summed E-state index contributed by atoms with van der Waals surface area (Å²) in [5.74, 6) is -1.50. The van der Waals surface area contributed by atoms with Crippen LogP contribution in [0.15, 0.2) is 11.6 Å². The smallest absolute Gasteiger partial charge is 0.331 e. The molecule has 0 aliphatic heterocycles. The van der Waals surface area contributed by atoms with Crippen molar-refractivity contribution in [2.45, 2.75) is 76.9 Å². The molecule has 0 aromatic rings. The number of carbonyl (C=O) groups is 3. The maximum atomic E-state index is 13.4. The predicted octanol–water partition coefficient (Wildman–Crippen LogP) is 2.83. The molecule has 0 fully saturated rings. The van der Waals surface area contributed by atoms with E-state index in [1.807, 2.05) is 48.5 Å². The SMILES string of the molecule is CN[C@@H](C(=O)N[C@H](C(=O)N(C)[C@H](/C=C(\C)C(=O)O)C(C)C)C(C)(C)C)C(C)(C)I. The Morgan fingerprint density at radius 2 is 1.55 bits per heavy atom. The van der Waals surface area contributed by atoms with Gasteiger partial charge in [0.25, 0.3) is 0 Å². The van der Waals surface area contributed by atoms with Crippen molar-refractivity contribution in [1.29, 1.82) is 0 Å². The van der Waals surface area contributed by atoms with Gasteiger partial charge in [0.1, 0.15) is 12.1 Å². The van der Waals surface area contributed by atoms with Crippen LogP contribution >= 0.6 is 22.6 Å². The van der Waals surface area contributed by atoms with Crippen LogP contribution in [0, 0.1) is 11.3 Å². The van der Waals surface area contributed by atoms with E-state index in [2.05, 4.69) is 33.2 Å². The highest BCUT2D eigenvalue weighted by atomic mass is 127. The lowest BCUT2D eigenvalue weighted by Crippen LogP contribution is -2.61. The molecule has 2 amide bonds. The molecular formula is C21H38IN3O4. The van der Waals surface area contributed by atoms with Crippen molar-refractivity contribution in [2.75, 3.05) is 14.1 Å². The predicted molar refractivity (Wildman–Crippen MR) is 125 cm³/mol. The molecule has 0 saturated heterocycles. The van der Waals surface area contributed by atoms with E-state index < -0.39 is 29.5 Å². The fourth-order valence-electron chi connectivity index (χ4n) is 3.09. The van der Waals surface area contributed by atoms with Gasteiger partial charge in [0.05, 0.1) is 6.04 Å². The Morgan fingerprint density at radius 3 is 1.86 bits per heavy atom. The second-order valence-electron chi connectivity index (χ2n) is 9.43. The quantitative estimate of drug-likeness (QED) is 0.245. The molecule has 8 heteroatoms. The minimum atomic E-state index is -1.02. The number of hydrogen-bond donors (Lipinski definition) is 3. The number of amides is 2. The van der Waals surface area contributed by atoms with Crippen LogP contribution in [0.2, 0.25) is 0 Å². The average Bonchev–Trinajstić information content (AvgIpc) is 2.53. The molecule has 0 aliphatic carbocycles. The number of hydrogen-bond acceptors (Lipinski definition) is 4. The maximum Gasteiger partial charge on any atom is 0.331 e. The zero-order chi connectivity index (χ0) is 23.3. The Bertz CT molecular complexity index is 633. The van der Waals surface area contributed by atoms with Crippen molar-refractivity contribution in [2.24, 2.45) is 11.3 Å². The molecule has 0 spiro atoms. The number of alkyl halides is 1. The number of nitrogens with zero attached hydrogens (tertiary/aromatic N) is 1. The number of carboxylic acid groups (broad SMARTS) is 1. The van der Waals surface area contributed by atoms with Crippen molar-refractivity contribution in [3.63, 3.8) is 0 Å². The Morgan fingerprint density at radius 1 is 1.07 bits per heavy atom. The van der Waals surface area contributed by atoms with Gasteiger partial charge in [0.15, 0.2) is 0 Å². The van der Waals surface area contributed by atoms with E-state index in [9.17, 15) is 19.5 Å². The summed E-state index contributed by atoms with van der Waals surface area (Å²) < 4.78 is -0.351. The largest absolute Gasteiger partial charge is 0.478 e. The van der Waals surface area contributed by atoms with Crippen LogP contribution in [-0.4, -0.2) is 63.4 Å². The van der Waals surface area contributed by atoms with E-state index in [-0.39, 0.29) is 26.7 Å². The van der Waals surface area contributed by atoms with Crippen molar-refractivity contribution >= 4 is 40.4 Å². The summed E-state index contributed by atoms with van der Waals surface area (Å²) in [6, 6.07) is -1.63. The summed E-state index contributed by atoms with van der Waals surface area (Å²) in [4.78, 5) is 39.1. The van der Waals surface area contributed by atoms with Gasteiger partial charge in [-0.15, -0.1) is 0 Å². The molecule has 29 heavy (non-hydrogen) atoms. The molecule has 0 radical (unpaired) electrons. The fraction of sp³-hybridized carbons (Fsp3) is 0.762. The van der Waals surface area contributed by atoms with Crippen LogP contribution in [0.4, 0.5) is 0 Å². The molecule has 0 saturated carbocycles. The normalized spacial score (nSPS) is 16.2. The summed E-state index contributed by atoms with van der Waals surface area (Å²) in [5.41, 5.74) is -0.344. The number of nitrogens with one attached hydrogen (secondary N) is 2. The summed E-state index contributed by atoms with van der Waals surface area (Å²) in [5, 5.41) is 15.2. The van der Waals surface area contributed by atoms with Crippen molar-refractivity contribution in [3.8, 4) is 0 Å². The minimum Gasteiger partial charge on any atom is -0.478 e. The topological polar surface area (TPSA) is 98.7 Å². The lowest BCUT2D eigenvalue weighted by Gasteiger charge is -2.38. The molecule has 0 aromatic carbocycles. The van der Waals surface area contributed by atoms with Gasteiger partial charge in [-0.05, 0) is 39.2 Å². The molecule has 0 aromatic heterocycles. The van der Waals surface area contributed by atoms with Crippen LogP contribution < -0.4 is 10.6 Å². The third-order valence-electron chi connectivity index (χ3n) is 4.87. The third-order valence-corrected chi connectivity index (χ3v) is 5.50. The third kappa shape index (κ3) is 8.24. The first-order valence-corrected chi connectivity index (χ1v) is 10.9. The van der Waals surface area contributed by atoms with E-state index in [0.29, 0.717) is 0 Å². The highest BCUT2D eigenvalue weighted by Crippen LogP contribution is 2.26. The first-order valence-electron chi connectivity index (χ1n) is 9.80. The van der Waals surface area contributed by atoms with E-state index in [4.69, 9.17) is 0 Å². The number of halogens is 1. The Hall–Kier alpha value is -1.16. The Balaban J connectivity index is 5.89. The first-order chi connectivity index (χ1) is 12.9.